The highest BCUT2D eigenvalue weighted by Crippen LogP contribution is 2.23. The number of ketones is 1. The molecule has 1 aromatic carbocycles. The van der Waals surface area contributed by atoms with Crippen molar-refractivity contribution in [2.45, 2.75) is 44.6 Å². The third-order valence-corrected chi connectivity index (χ3v) is 4.52. The molecule has 0 radical (unpaired) electrons. The molecule has 1 amide bonds. The summed E-state index contributed by atoms with van der Waals surface area (Å²) in [6.07, 6.45) is 8.14. The van der Waals surface area contributed by atoms with Crippen LogP contribution in [-0.2, 0) is 4.79 Å². The van der Waals surface area contributed by atoms with E-state index in [4.69, 9.17) is 11.6 Å². The molecule has 0 atom stereocenters. The number of aromatic amines is 1. The zero-order valence-corrected chi connectivity index (χ0v) is 13.1. The van der Waals surface area contributed by atoms with Crippen molar-refractivity contribution in [1.82, 2.24) is 10.3 Å². The summed E-state index contributed by atoms with van der Waals surface area (Å²) in [7, 11) is 0. The first-order valence-corrected chi connectivity index (χ1v) is 8.15. The molecule has 1 aliphatic rings. The summed E-state index contributed by atoms with van der Waals surface area (Å²) in [6, 6.07) is 5.38. The lowest BCUT2D eigenvalue weighted by Crippen LogP contribution is -2.39. The van der Waals surface area contributed by atoms with Crippen LogP contribution >= 0.6 is 11.6 Å². The maximum absolute atomic E-state index is 12.4. The SMILES string of the molecule is O=C(NC1CCCCCC1)C(=O)c1c[nH]c2ccc(Cl)cc12. The van der Waals surface area contributed by atoms with Crippen LogP contribution in [0.1, 0.15) is 48.9 Å². The van der Waals surface area contributed by atoms with Gasteiger partial charge in [0, 0.05) is 28.2 Å². The van der Waals surface area contributed by atoms with Gasteiger partial charge in [0.2, 0.25) is 0 Å². The number of aromatic nitrogens is 1. The van der Waals surface area contributed by atoms with Crippen LogP contribution in [0.5, 0.6) is 0 Å². The van der Waals surface area contributed by atoms with Crippen molar-refractivity contribution in [1.29, 1.82) is 0 Å². The molecule has 22 heavy (non-hydrogen) atoms. The van der Waals surface area contributed by atoms with Crippen LogP contribution in [0, 0.1) is 0 Å². The number of Topliss-reactive ketones (excluding diaryl/α,β-unsaturated/α-hetero) is 1. The third-order valence-electron chi connectivity index (χ3n) is 4.29. The minimum Gasteiger partial charge on any atom is -0.360 e. The van der Waals surface area contributed by atoms with Gasteiger partial charge in [-0.15, -0.1) is 0 Å². The molecule has 0 aliphatic heterocycles. The number of H-pyrrole nitrogens is 1. The predicted octanol–water partition coefficient (Wildman–Crippen LogP) is 3.84. The fourth-order valence-electron chi connectivity index (χ4n) is 3.08. The summed E-state index contributed by atoms with van der Waals surface area (Å²) in [5, 5.41) is 4.13. The van der Waals surface area contributed by atoms with Gasteiger partial charge in [-0.05, 0) is 31.0 Å². The number of amides is 1. The van der Waals surface area contributed by atoms with Crippen LogP contribution in [0.2, 0.25) is 5.02 Å². The molecule has 0 unspecified atom stereocenters. The van der Waals surface area contributed by atoms with Gasteiger partial charge in [0.15, 0.2) is 0 Å². The average molecular weight is 319 g/mol. The lowest BCUT2D eigenvalue weighted by atomic mass is 10.1. The third kappa shape index (κ3) is 3.17. The molecular formula is C17H19ClN2O2. The highest BCUT2D eigenvalue weighted by atomic mass is 35.5. The van der Waals surface area contributed by atoms with E-state index in [1.807, 2.05) is 0 Å². The Hall–Kier alpha value is -1.81. The van der Waals surface area contributed by atoms with E-state index < -0.39 is 11.7 Å². The molecule has 1 aliphatic carbocycles. The Morgan fingerprint density at radius 3 is 2.59 bits per heavy atom. The Bertz CT molecular complexity index is 700. The fraction of sp³-hybridized carbons (Fsp3) is 0.412. The van der Waals surface area contributed by atoms with E-state index in [1.54, 1.807) is 24.4 Å². The number of carbonyl (C=O) groups is 2. The largest absolute Gasteiger partial charge is 0.360 e. The summed E-state index contributed by atoms with van der Waals surface area (Å²) < 4.78 is 0. The maximum atomic E-state index is 12.4. The number of hydrogen-bond donors (Lipinski definition) is 2. The number of benzene rings is 1. The minimum atomic E-state index is -0.521. The van der Waals surface area contributed by atoms with E-state index in [1.165, 1.54) is 12.8 Å². The lowest BCUT2D eigenvalue weighted by molar-refractivity contribution is -0.117. The summed E-state index contributed by atoms with van der Waals surface area (Å²) in [5.74, 6) is -1.02. The van der Waals surface area contributed by atoms with Crippen LogP contribution in [0.4, 0.5) is 0 Å². The van der Waals surface area contributed by atoms with Gasteiger partial charge in [-0.25, -0.2) is 0 Å². The number of nitrogens with one attached hydrogen (secondary N) is 2. The quantitative estimate of drug-likeness (QED) is 0.513. The van der Waals surface area contributed by atoms with Gasteiger partial charge < -0.3 is 10.3 Å². The lowest BCUT2D eigenvalue weighted by Gasteiger charge is -2.15. The van der Waals surface area contributed by atoms with E-state index in [0.29, 0.717) is 16.0 Å². The van der Waals surface area contributed by atoms with E-state index >= 15 is 0 Å². The second-order valence-corrected chi connectivity index (χ2v) is 6.32. The van der Waals surface area contributed by atoms with Crippen LogP contribution in [0.3, 0.4) is 0 Å². The first-order chi connectivity index (χ1) is 10.6. The molecule has 1 aromatic heterocycles. The van der Waals surface area contributed by atoms with Gasteiger partial charge in [-0.1, -0.05) is 37.3 Å². The normalized spacial score (nSPS) is 16.4. The molecule has 1 saturated carbocycles. The van der Waals surface area contributed by atoms with Gasteiger partial charge >= 0.3 is 0 Å². The molecule has 4 nitrogen and oxygen atoms in total. The molecule has 5 heteroatoms. The number of carbonyl (C=O) groups excluding carboxylic acids is 2. The Labute approximate surface area is 134 Å². The molecule has 2 aromatic rings. The first-order valence-electron chi connectivity index (χ1n) is 7.77. The number of rotatable bonds is 3. The molecule has 0 bridgehead atoms. The molecule has 3 rings (SSSR count). The minimum absolute atomic E-state index is 0.118. The number of hydrogen-bond acceptors (Lipinski definition) is 2. The van der Waals surface area contributed by atoms with Gasteiger partial charge in [0.1, 0.15) is 0 Å². The van der Waals surface area contributed by atoms with E-state index in [0.717, 1.165) is 31.2 Å². The fourth-order valence-corrected chi connectivity index (χ4v) is 3.25. The summed E-state index contributed by atoms with van der Waals surface area (Å²) in [5.41, 5.74) is 1.18. The monoisotopic (exact) mass is 318 g/mol. The van der Waals surface area contributed by atoms with Crippen LogP contribution in [0.25, 0.3) is 10.9 Å². The Balaban J connectivity index is 1.76. The van der Waals surface area contributed by atoms with Crippen molar-refractivity contribution < 1.29 is 9.59 Å². The molecule has 1 heterocycles. The molecule has 116 valence electrons. The zero-order valence-electron chi connectivity index (χ0n) is 12.3. The van der Waals surface area contributed by atoms with Crippen LogP contribution in [-0.4, -0.2) is 22.7 Å². The van der Waals surface area contributed by atoms with E-state index in [9.17, 15) is 9.59 Å². The van der Waals surface area contributed by atoms with Gasteiger partial charge in [-0.2, -0.15) is 0 Å². The molecule has 0 spiro atoms. The topological polar surface area (TPSA) is 62.0 Å². The molecule has 1 fully saturated rings. The Morgan fingerprint density at radius 2 is 1.86 bits per heavy atom. The van der Waals surface area contributed by atoms with Crippen molar-refractivity contribution in [2.24, 2.45) is 0 Å². The zero-order chi connectivity index (χ0) is 15.5. The standard InChI is InChI=1S/C17H19ClN2O2/c18-11-7-8-15-13(9-11)14(10-19-15)16(21)17(22)20-12-5-3-1-2-4-6-12/h7-10,12,19H,1-6H2,(H,20,22). The smallest absolute Gasteiger partial charge is 0.292 e. The maximum Gasteiger partial charge on any atom is 0.292 e. The van der Waals surface area contributed by atoms with Crippen molar-refractivity contribution >= 4 is 34.2 Å². The van der Waals surface area contributed by atoms with E-state index in [2.05, 4.69) is 10.3 Å². The van der Waals surface area contributed by atoms with Crippen molar-refractivity contribution in [3.63, 3.8) is 0 Å². The first kappa shape index (κ1) is 15.1. The highest BCUT2D eigenvalue weighted by Gasteiger charge is 2.23. The summed E-state index contributed by atoms with van der Waals surface area (Å²) in [4.78, 5) is 27.7. The average Bonchev–Trinajstić information content (AvgIpc) is 2.74. The van der Waals surface area contributed by atoms with Crippen LogP contribution < -0.4 is 5.32 Å². The number of halogens is 1. The van der Waals surface area contributed by atoms with Crippen molar-refractivity contribution in [3.8, 4) is 0 Å². The van der Waals surface area contributed by atoms with Crippen LogP contribution in [0.15, 0.2) is 24.4 Å². The summed E-state index contributed by atoms with van der Waals surface area (Å²) in [6.45, 7) is 0. The predicted molar refractivity (Wildman–Crippen MR) is 87.3 cm³/mol. The van der Waals surface area contributed by atoms with Gasteiger partial charge in [0.25, 0.3) is 11.7 Å². The second kappa shape index (κ2) is 6.53. The van der Waals surface area contributed by atoms with Crippen molar-refractivity contribution in [3.05, 3.63) is 35.0 Å². The summed E-state index contributed by atoms with van der Waals surface area (Å²) >= 11 is 5.98. The van der Waals surface area contributed by atoms with Gasteiger partial charge in [0.05, 0.1) is 5.56 Å². The Morgan fingerprint density at radius 1 is 1.14 bits per heavy atom. The Kier molecular flexibility index (Phi) is 4.48. The highest BCUT2D eigenvalue weighted by molar-refractivity contribution is 6.45. The number of fused-ring (bicyclic) bond motifs is 1. The molecule has 0 saturated heterocycles. The van der Waals surface area contributed by atoms with Gasteiger partial charge in [-0.3, -0.25) is 9.59 Å². The van der Waals surface area contributed by atoms with Crippen molar-refractivity contribution in [2.75, 3.05) is 0 Å². The van der Waals surface area contributed by atoms with E-state index in [-0.39, 0.29) is 6.04 Å². The molecular weight excluding hydrogens is 300 g/mol. The second-order valence-electron chi connectivity index (χ2n) is 5.88. The molecule has 2 N–H and O–H groups in total.